The molecule has 4 heteroatoms. The second-order valence-corrected chi connectivity index (χ2v) is 8.68. The maximum atomic E-state index is 12.4. The molecule has 3 fully saturated rings. The molecule has 3 saturated carbocycles. The molecular formula is C19H25NO3. The van der Waals surface area contributed by atoms with Crippen LogP contribution in [0.25, 0.3) is 0 Å². The van der Waals surface area contributed by atoms with E-state index in [1.807, 2.05) is 0 Å². The van der Waals surface area contributed by atoms with E-state index in [4.69, 9.17) is 0 Å². The van der Waals surface area contributed by atoms with Gasteiger partial charge in [0.1, 0.15) is 5.78 Å². The first-order chi connectivity index (χ1) is 10.9. The van der Waals surface area contributed by atoms with Crippen LogP contribution < -0.4 is 0 Å². The Hall–Kier alpha value is -1.32. The molecule has 0 radical (unpaired) electrons. The van der Waals surface area contributed by atoms with Crippen molar-refractivity contribution in [1.29, 1.82) is 0 Å². The Kier molecular flexibility index (Phi) is 3.20. The highest BCUT2D eigenvalue weighted by Gasteiger charge is 2.61. The zero-order chi connectivity index (χ0) is 16.4. The van der Waals surface area contributed by atoms with Crippen LogP contribution in [0.4, 0.5) is 0 Å². The quantitative estimate of drug-likeness (QED) is 0.693. The van der Waals surface area contributed by atoms with Gasteiger partial charge in [0.25, 0.3) is 0 Å². The first-order valence-corrected chi connectivity index (χ1v) is 8.98. The van der Waals surface area contributed by atoms with Crippen molar-refractivity contribution in [1.82, 2.24) is 0 Å². The number of Topliss-reactive ketones (excluding diaryl/α,β-unsaturated/α-hetero) is 1. The Morgan fingerprint density at radius 2 is 1.91 bits per heavy atom. The monoisotopic (exact) mass is 315 g/mol. The summed E-state index contributed by atoms with van der Waals surface area (Å²) in [6.45, 7) is 4.36. The lowest BCUT2D eigenvalue weighted by molar-refractivity contribution is -0.136. The fourth-order valence-electron chi connectivity index (χ4n) is 6.57. The van der Waals surface area contributed by atoms with Crippen molar-refractivity contribution in [2.45, 2.75) is 58.4 Å². The van der Waals surface area contributed by atoms with Crippen LogP contribution >= 0.6 is 0 Å². The lowest BCUT2D eigenvalue weighted by Crippen LogP contribution is -2.56. The average molecular weight is 315 g/mol. The Bertz CT molecular complexity index is 612. The van der Waals surface area contributed by atoms with Crippen molar-refractivity contribution in [3.05, 3.63) is 17.1 Å². The number of carbonyl (C=O) groups excluding carboxylic acids is 2. The van der Waals surface area contributed by atoms with Crippen molar-refractivity contribution >= 4 is 11.6 Å². The van der Waals surface area contributed by atoms with Gasteiger partial charge in [0, 0.05) is 24.2 Å². The van der Waals surface area contributed by atoms with Gasteiger partial charge in [-0.2, -0.15) is 4.91 Å². The molecule has 0 saturated heterocycles. The van der Waals surface area contributed by atoms with E-state index in [2.05, 4.69) is 25.1 Å². The minimum atomic E-state index is -0.284. The van der Waals surface area contributed by atoms with Gasteiger partial charge in [-0.3, -0.25) is 9.59 Å². The molecule has 4 nitrogen and oxygen atoms in total. The normalized spacial score (nSPS) is 51.8. The molecule has 0 N–H and O–H groups in total. The summed E-state index contributed by atoms with van der Waals surface area (Å²) < 4.78 is 0. The maximum Gasteiger partial charge on any atom is 0.155 e. The molecule has 0 spiro atoms. The third-order valence-corrected chi connectivity index (χ3v) is 7.91. The molecule has 0 aromatic carbocycles. The average Bonchev–Trinajstić information content (AvgIpc) is 2.83. The molecule has 4 aliphatic carbocycles. The van der Waals surface area contributed by atoms with Gasteiger partial charge >= 0.3 is 0 Å². The number of carbonyl (C=O) groups is 2. The van der Waals surface area contributed by atoms with Crippen LogP contribution in [0.5, 0.6) is 0 Å². The number of allylic oxidation sites excluding steroid dienone is 2. The summed E-state index contributed by atoms with van der Waals surface area (Å²) in [5, 5.41) is 3.44. The number of fused-ring (bicyclic) bond motifs is 5. The third kappa shape index (κ3) is 1.90. The summed E-state index contributed by atoms with van der Waals surface area (Å²) in [6, 6.07) is -0.284. The summed E-state index contributed by atoms with van der Waals surface area (Å²) in [5.74, 6) is 1.83. The van der Waals surface area contributed by atoms with Gasteiger partial charge in [0.15, 0.2) is 5.78 Å². The van der Waals surface area contributed by atoms with E-state index in [0.717, 1.165) is 25.7 Å². The van der Waals surface area contributed by atoms with Gasteiger partial charge in [0.05, 0.1) is 6.04 Å². The highest BCUT2D eigenvalue weighted by Crippen LogP contribution is 2.64. The largest absolute Gasteiger partial charge is 0.299 e. The number of nitroso groups, excluding NO2 is 1. The van der Waals surface area contributed by atoms with Gasteiger partial charge in [0.2, 0.25) is 0 Å². The smallest absolute Gasteiger partial charge is 0.155 e. The second kappa shape index (κ2) is 4.84. The molecule has 124 valence electrons. The molecule has 0 bridgehead atoms. The van der Waals surface area contributed by atoms with E-state index >= 15 is 0 Å². The Morgan fingerprint density at radius 3 is 2.65 bits per heavy atom. The minimum Gasteiger partial charge on any atom is -0.299 e. The van der Waals surface area contributed by atoms with Crippen LogP contribution in [-0.2, 0) is 9.59 Å². The highest BCUT2D eigenvalue weighted by molar-refractivity contribution is 5.91. The van der Waals surface area contributed by atoms with E-state index in [1.165, 1.54) is 0 Å². The van der Waals surface area contributed by atoms with Crippen molar-refractivity contribution in [3.8, 4) is 0 Å². The number of hydrogen-bond acceptors (Lipinski definition) is 4. The van der Waals surface area contributed by atoms with Gasteiger partial charge < -0.3 is 0 Å². The first-order valence-electron chi connectivity index (χ1n) is 8.98. The molecule has 0 aromatic rings. The van der Waals surface area contributed by atoms with E-state index in [-0.39, 0.29) is 28.6 Å². The number of ketones is 2. The van der Waals surface area contributed by atoms with Crippen molar-refractivity contribution in [2.24, 2.45) is 39.7 Å². The van der Waals surface area contributed by atoms with E-state index in [1.54, 1.807) is 6.08 Å². The SMILES string of the molecule is C[C@]12C=CC(=O)CC1C(N=O)C[C@@H]1[C@H]2CC[C@]2(C)C(=O)CC[C@@H]12. The van der Waals surface area contributed by atoms with E-state index in [0.29, 0.717) is 36.4 Å². The number of hydrogen-bond donors (Lipinski definition) is 0. The molecule has 0 aliphatic heterocycles. The van der Waals surface area contributed by atoms with E-state index < -0.39 is 0 Å². The van der Waals surface area contributed by atoms with Crippen molar-refractivity contribution in [3.63, 3.8) is 0 Å². The molecule has 0 amide bonds. The van der Waals surface area contributed by atoms with Crippen LogP contribution in [0.1, 0.15) is 52.4 Å². The van der Waals surface area contributed by atoms with Gasteiger partial charge in [-0.25, -0.2) is 0 Å². The lowest BCUT2D eigenvalue weighted by Gasteiger charge is -2.58. The van der Waals surface area contributed by atoms with Crippen molar-refractivity contribution in [2.75, 3.05) is 0 Å². The fraction of sp³-hybridized carbons (Fsp3) is 0.789. The Labute approximate surface area is 137 Å². The topological polar surface area (TPSA) is 63.6 Å². The Morgan fingerprint density at radius 1 is 1.13 bits per heavy atom. The fourth-order valence-corrected chi connectivity index (χ4v) is 6.57. The number of nitrogens with zero attached hydrogens (tertiary/aromatic N) is 1. The van der Waals surface area contributed by atoms with Crippen molar-refractivity contribution < 1.29 is 9.59 Å². The molecular weight excluding hydrogens is 290 g/mol. The van der Waals surface area contributed by atoms with Gasteiger partial charge in [-0.15, -0.1) is 0 Å². The predicted octanol–water partition coefficient (Wildman–Crippen LogP) is 3.69. The zero-order valence-corrected chi connectivity index (χ0v) is 14.0. The van der Waals surface area contributed by atoms with Crippen LogP contribution in [0.2, 0.25) is 0 Å². The van der Waals surface area contributed by atoms with Gasteiger partial charge in [-0.1, -0.05) is 25.1 Å². The zero-order valence-electron chi connectivity index (χ0n) is 14.0. The standard InChI is InChI=1S/C19H25NO3/c1-18-7-5-11(21)9-15(18)16(20-23)10-12-13-3-4-17(22)19(13,2)8-6-14(12)18/h5,7,12-16H,3-4,6,8-10H2,1-2H3/t12-,13-,14+,15?,16?,18+,19-/m0/s1. The predicted molar refractivity (Wildman–Crippen MR) is 86.6 cm³/mol. The molecule has 4 rings (SSSR count). The van der Waals surface area contributed by atoms with Crippen LogP contribution in [0, 0.1) is 39.4 Å². The molecule has 4 aliphatic rings. The summed E-state index contributed by atoms with van der Waals surface area (Å²) in [7, 11) is 0. The molecule has 0 heterocycles. The second-order valence-electron chi connectivity index (χ2n) is 8.68. The van der Waals surface area contributed by atoms with E-state index in [9.17, 15) is 14.5 Å². The number of rotatable bonds is 1. The molecule has 0 aromatic heterocycles. The van der Waals surface area contributed by atoms with Crippen LogP contribution in [-0.4, -0.2) is 17.6 Å². The third-order valence-electron chi connectivity index (χ3n) is 7.91. The highest BCUT2D eigenvalue weighted by atomic mass is 16.3. The molecule has 2 unspecified atom stereocenters. The molecule has 23 heavy (non-hydrogen) atoms. The first kappa shape index (κ1) is 15.2. The van der Waals surface area contributed by atoms with Crippen LogP contribution in [0.15, 0.2) is 17.3 Å². The molecule has 7 atom stereocenters. The Balaban J connectivity index is 1.76. The van der Waals surface area contributed by atoms with Gasteiger partial charge in [-0.05, 0) is 54.9 Å². The summed E-state index contributed by atoms with van der Waals surface area (Å²) in [6.07, 6.45) is 8.65. The maximum absolute atomic E-state index is 12.4. The lowest BCUT2D eigenvalue weighted by atomic mass is 9.45. The summed E-state index contributed by atoms with van der Waals surface area (Å²) in [4.78, 5) is 35.8. The summed E-state index contributed by atoms with van der Waals surface area (Å²) in [5.41, 5.74) is -0.311. The minimum absolute atomic E-state index is 0.0419. The summed E-state index contributed by atoms with van der Waals surface area (Å²) >= 11 is 0. The van der Waals surface area contributed by atoms with Crippen LogP contribution in [0.3, 0.4) is 0 Å².